The van der Waals surface area contributed by atoms with Crippen LogP contribution in [0.3, 0.4) is 0 Å². The van der Waals surface area contributed by atoms with E-state index in [-0.39, 0.29) is 23.6 Å². The van der Waals surface area contributed by atoms with Gasteiger partial charge in [-0.3, -0.25) is 10.4 Å². The molecule has 2 aliphatic heterocycles. The van der Waals surface area contributed by atoms with Crippen LogP contribution in [0.25, 0.3) is 0 Å². The Balaban J connectivity index is 0.000000270. The Hall–Kier alpha value is -3.07. The number of fused-ring (bicyclic) bond motifs is 1. The van der Waals surface area contributed by atoms with Gasteiger partial charge in [0.05, 0.1) is 30.2 Å². The summed E-state index contributed by atoms with van der Waals surface area (Å²) in [7, 11) is 0. The van der Waals surface area contributed by atoms with Gasteiger partial charge in [0.25, 0.3) is 0 Å². The average Bonchev–Trinajstić information content (AvgIpc) is 3.15. The number of hydrogen-bond acceptors (Lipinski definition) is 4. The van der Waals surface area contributed by atoms with E-state index in [9.17, 15) is 13.2 Å². The van der Waals surface area contributed by atoms with Gasteiger partial charge in [0.2, 0.25) is 0 Å². The number of nitrogens with zero attached hydrogens (tertiary/aromatic N) is 3. The molecule has 1 fully saturated rings. The summed E-state index contributed by atoms with van der Waals surface area (Å²) in [6, 6.07) is 11.2. The van der Waals surface area contributed by atoms with Gasteiger partial charge in [-0.05, 0) is 42.7 Å². The zero-order valence-corrected chi connectivity index (χ0v) is 21.5. The average molecular weight is 504 g/mol. The number of anilines is 2. The first-order chi connectivity index (χ1) is 17.0. The van der Waals surface area contributed by atoms with Crippen molar-refractivity contribution in [2.24, 2.45) is 10.7 Å². The second-order valence-corrected chi connectivity index (χ2v) is 9.64. The van der Waals surface area contributed by atoms with E-state index in [1.165, 1.54) is 10.5 Å². The molecule has 0 atom stereocenters. The summed E-state index contributed by atoms with van der Waals surface area (Å²) in [5, 5.41) is 7.72. The fourth-order valence-corrected chi connectivity index (χ4v) is 4.44. The molecule has 2 aromatic carbocycles. The maximum absolute atomic E-state index is 13.7. The van der Waals surface area contributed by atoms with Gasteiger partial charge in [0.1, 0.15) is 0 Å². The Morgan fingerprint density at radius 3 is 2.44 bits per heavy atom. The van der Waals surface area contributed by atoms with E-state index in [2.05, 4.69) is 37.0 Å². The van der Waals surface area contributed by atoms with E-state index >= 15 is 0 Å². The third-order valence-corrected chi connectivity index (χ3v) is 6.39. The van der Waals surface area contributed by atoms with Crippen LogP contribution in [0.15, 0.2) is 41.4 Å². The number of morpholine rings is 1. The van der Waals surface area contributed by atoms with Crippen LogP contribution in [0.5, 0.6) is 0 Å². The van der Waals surface area contributed by atoms with Crippen molar-refractivity contribution in [2.45, 2.75) is 52.1 Å². The van der Waals surface area contributed by atoms with Crippen LogP contribution in [-0.4, -0.2) is 45.0 Å². The number of guanidine groups is 1. The number of benzene rings is 2. The molecular formula is C27H36F3N5O. The van der Waals surface area contributed by atoms with E-state index in [1.807, 2.05) is 24.1 Å². The fourth-order valence-electron chi connectivity index (χ4n) is 4.44. The van der Waals surface area contributed by atoms with Gasteiger partial charge in [-0.2, -0.15) is 13.2 Å². The molecule has 0 aromatic heterocycles. The highest BCUT2D eigenvalue weighted by Crippen LogP contribution is 2.41. The molecule has 6 nitrogen and oxygen atoms in total. The minimum absolute atomic E-state index is 0.0227. The molecular weight excluding hydrogens is 467 g/mol. The second kappa shape index (κ2) is 11.3. The van der Waals surface area contributed by atoms with Crippen LogP contribution >= 0.6 is 0 Å². The highest BCUT2D eigenvalue weighted by Gasteiger charge is 2.37. The van der Waals surface area contributed by atoms with Crippen molar-refractivity contribution in [3.05, 3.63) is 53.1 Å². The molecule has 9 heteroatoms. The molecule has 196 valence electrons. The van der Waals surface area contributed by atoms with Crippen LogP contribution in [0.2, 0.25) is 0 Å². The van der Waals surface area contributed by atoms with Gasteiger partial charge in [-0.1, -0.05) is 45.4 Å². The molecule has 3 N–H and O–H groups in total. The van der Waals surface area contributed by atoms with Crippen molar-refractivity contribution in [2.75, 3.05) is 42.6 Å². The molecule has 2 heterocycles. The van der Waals surface area contributed by atoms with Gasteiger partial charge >= 0.3 is 6.18 Å². The Morgan fingerprint density at radius 2 is 1.86 bits per heavy atom. The normalized spacial score (nSPS) is 16.2. The predicted octanol–water partition coefficient (Wildman–Crippen LogP) is 6.03. The number of nitrogens with two attached hydrogens (primary N) is 1. The van der Waals surface area contributed by atoms with Crippen molar-refractivity contribution in [3.8, 4) is 0 Å². The largest absolute Gasteiger partial charge is 0.418 e. The summed E-state index contributed by atoms with van der Waals surface area (Å²) in [5.74, 6) is -0.374. The lowest BCUT2D eigenvalue weighted by atomic mass is 9.87. The standard InChI is InChI=1S/C17H25F3N4O.C10H11N/c1-3-4-5-24(16(21)22)15-12(2)10-13(11-14(15)17(18,19)20)23-6-8-25-9-7-23;1-10(2)7-11-9-6-4-3-5-8(9)10/h10-11H,3-9H2,1-2H3,(H3,21,22);3-7H,1-2H3. The quantitative estimate of drug-likeness (QED) is 0.386. The molecule has 0 saturated carbocycles. The molecule has 0 radical (unpaired) electrons. The smallest absolute Gasteiger partial charge is 0.378 e. The molecule has 0 bridgehead atoms. The highest BCUT2D eigenvalue weighted by molar-refractivity contribution is 5.94. The van der Waals surface area contributed by atoms with E-state index in [0.29, 0.717) is 44.0 Å². The number of rotatable bonds is 5. The summed E-state index contributed by atoms with van der Waals surface area (Å²) < 4.78 is 46.5. The number of unbranched alkanes of at least 4 members (excludes halogenated alkanes) is 1. The third kappa shape index (κ3) is 6.37. The highest BCUT2D eigenvalue weighted by atomic mass is 19.4. The summed E-state index contributed by atoms with van der Waals surface area (Å²) in [6.45, 7) is 10.3. The Bertz CT molecular complexity index is 1090. The van der Waals surface area contributed by atoms with E-state index < -0.39 is 11.7 Å². The van der Waals surface area contributed by atoms with Crippen molar-refractivity contribution in [3.63, 3.8) is 0 Å². The Labute approximate surface area is 211 Å². The number of ether oxygens (including phenoxy) is 1. The first-order valence-corrected chi connectivity index (χ1v) is 12.3. The van der Waals surface area contributed by atoms with E-state index in [0.717, 1.165) is 18.2 Å². The number of hydrogen-bond donors (Lipinski definition) is 2. The minimum Gasteiger partial charge on any atom is -0.378 e. The van der Waals surface area contributed by atoms with Gasteiger partial charge in [-0.25, -0.2) is 0 Å². The lowest BCUT2D eigenvalue weighted by molar-refractivity contribution is -0.137. The van der Waals surface area contributed by atoms with Crippen molar-refractivity contribution in [1.82, 2.24) is 0 Å². The lowest BCUT2D eigenvalue weighted by Crippen LogP contribution is -2.39. The molecule has 2 aliphatic rings. The zero-order chi connectivity index (χ0) is 26.5. The first kappa shape index (κ1) is 27.5. The molecule has 0 unspecified atom stereocenters. The lowest BCUT2D eigenvalue weighted by Gasteiger charge is -2.32. The SMILES string of the molecule is CC1(C)C=Nc2ccccc21.CCCCN(C(=N)N)c1c(C)cc(N2CCOCC2)cc1C(F)(F)F. The van der Waals surface area contributed by atoms with Crippen LogP contribution < -0.4 is 15.5 Å². The summed E-state index contributed by atoms with van der Waals surface area (Å²) in [4.78, 5) is 7.47. The maximum atomic E-state index is 13.7. The number of para-hydroxylation sites is 1. The van der Waals surface area contributed by atoms with Crippen molar-refractivity contribution < 1.29 is 17.9 Å². The van der Waals surface area contributed by atoms with E-state index in [4.69, 9.17) is 15.9 Å². The van der Waals surface area contributed by atoms with E-state index in [1.54, 1.807) is 13.0 Å². The molecule has 36 heavy (non-hydrogen) atoms. The van der Waals surface area contributed by atoms with Crippen molar-refractivity contribution in [1.29, 1.82) is 5.41 Å². The number of aliphatic imine (C=N–C) groups is 1. The molecule has 4 rings (SSSR count). The molecule has 0 amide bonds. The molecule has 0 spiro atoms. The van der Waals surface area contributed by atoms with Crippen LogP contribution in [0.1, 0.15) is 50.3 Å². The van der Waals surface area contributed by atoms with Crippen LogP contribution in [-0.2, 0) is 16.3 Å². The summed E-state index contributed by atoms with van der Waals surface area (Å²) in [6.07, 6.45) is -1.06. The fraction of sp³-hybridized carbons (Fsp3) is 0.481. The van der Waals surface area contributed by atoms with Gasteiger partial charge in [0.15, 0.2) is 5.96 Å². The second-order valence-electron chi connectivity index (χ2n) is 9.64. The molecule has 1 saturated heterocycles. The summed E-state index contributed by atoms with van der Waals surface area (Å²) in [5.41, 5.74) is 8.39. The first-order valence-electron chi connectivity index (χ1n) is 12.3. The zero-order valence-electron chi connectivity index (χ0n) is 21.5. The monoisotopic (exact) mass is 503 g/mol. The number of aryl methyl sites for hydroxylation is 1. The van der Waals surface area contributed by atoms with Crippen LogP contribution in [0.4, 0.5) is 30.2 Å². The Morgan fingerprint density at radius 1 is 1.19 bits per heavy atom. The minimum atomic E-state index is -4.53. The van der Waals surface area contributed by atoms with Gasteiger partial charge < -0.3 is 20.3 Å². The topological polar surface area (TPSA) is 77.9 Å². The van der Waals surface area contributed by atoms with Gasteiger partial charge in [-0.15, -0.1) is 0 Å². The summed E-state index contributed by atoms with van der Waals surface area (Å²) >= 11 is 0. The van der Waals surface area contributed by atoms with Gasteiger partial charge in [0, 0.05) is 37.0 Å². The number of halogens is 3. The number of nitrogens with one attached hydrogen (secondary N) is 1. The Kier molecular flexibility index (Phi) is 8.66. The van der Waals surface area contributed by atoms with Crippen molar-refractivity contribution >= 4 is 29.2 Å². The molecule has 0 aliphatic carbocycles. The predicted molar refractivity (Wildman–Crippen MR) is 141 cm³/mol. The molecule has 2 aromatic rings. The maximum Gasteiger partial charge on any atom is 0.418 e. The number of alkyl halides is 3. The third-order valence-electron chi connectivity index (χ3n) is 6.39. The van der Waals surface area contributed by atoms with Crippen LogP contribution in [0, 0.1) is 12.3 Å².